The normalized spacial score (nSPS) is 13.1. The fraction of sp³-hybridized carbons (Fsp3) is 0.320. The molecule has 0 amide bonds. The molecular weight excluding hydrogens is 346 g/mol. The van der Waals surface area contributed by atoms with Crippen LogP contribution in [-0.2, 0) is 13.5 Å². The Hall–Kier alpha value is -2.81. The number of hydrogen-bond donors (Lipinski definition) is 0. The number of aryl methyl sites for hydroxylation is 3. The predicted molar refractivity (Wildman–Crippen MR) is 113 cm³/mol. The van der Waals surface area contributed by atoms with Crippen LogP contribution in [0.25, 0.3) is 33.0 Å². The maximum atomic E-state index is 6.59. The molecule has 0 unspecified atom stereocenters. The van der Waals surface area contributed by atoms with Crippen LogP contribution in [-0.4, -0.2) is 0 Å². The first-order valence-corrected chi connectivity index (χ1v) is 9.88. The van der Waals surface area contributed by atoms with Crippen molar-refractivity contribution in [1.29, 1.82) is 0 Å². The number of ether oxygens (including phenoxy) is 1. The van der Waals surface area contributed by atoms with E-state index in [-0.39, 0.29) is 5.41 Å². The van der Waals surface area contributed by atoms with E-state index in [1.54, 1.807) is 6.26 Å². The Kier molecular flexibility index (Phi) is 3.46. The Bertz CT molecular complexity index is 1270. The van der Waals surface area contributed by atoms with Gasteiger partial charge in [0.2, 0.25) is 5.69 Å². The van der Waals surface area contributed by atoms with Crippen molar-refractivity contribution in [3.63, 3.8) is 0 Å². The summed E-state index contributed by atoms with van der Waals surface area (Å²) in [5, 5.41) is 3.54. The molecule has 2 aromatic heterocycles. The van der Waals surface area contributed by atoms with Crippen molar-refractivity contribution in [3.05, 3.63) is 53.4 Å². The summed E-state index contributed by atoms with van der Waals surface area (Å²) < 4.78 is 14.6. The van der Waals surface area contributed by atoms with Crippen LogP contribution in [0.3, 0.4) is 0 Å². The maximum absolute atomic E-state index is 6.59. The zero-order valence-corrected chi connectivity index (χ0v) is 17.4. The van der Waals surface area contributed by atoms with Gasteiger partial charge in [0.25, 0.3) is 0 Å². The molecule has 1 aliphatic rings. The average molecular weight is 372 g/mol. The number of aromatic nitrogens is 1. The smallest absolute Gasteiger partial charge is 0.228 e. The number of benzene rings is 2. The van der Waals surface area contributed by atoms with E-state index in [0.717, 1.165) is 45.6 Å². The Morgan fingerprint density at radius 3 is 2.57 bits per heavy atom. The number of pyridine rings is 1. The van der Waals surface area contributed by atoms with Gasteiger partial charge >= 0.3 is 0 Å². The van der Waals surface area contributed by atoms with E-state index in [1.807, 2.05) is 6.07 Å². The molecule has 0 bridgehead atoms. The lowest BCUT2D eigenvalue weighted by Gasteiger charge is -2.24. The SMILES string of the molecule is Cc1c2c(c(C)c3occc13)-c1c3c(cc(CC(C)(C)C)cc3cc[n+]1C)O2. The molecule has 3 heteroatoms. The quantitative estimate of drug-likeness (QED) is 0.319. The van der Waals surface area contributed by atoms with Crippen LogP contribution in [0, 0.1) is 19.3 Å². The lowest BCUT2D eigenvalue weighted by atomic mass is 9.86. The van der Waals surface area contributed by atoms with Crippen molar-refractivity contribution in [1.82, 2.24) is 0 Å². The Morgan fingerprint density at radius 1 is 1.04 bits per heavy atom. The first-order valence-electron chi connectivity index (χ1n) is 9.88. The van der Waals surface area contributed by atoms with E-state index in [1.165, 1.54) is 22.0 Å². The van der Waals surface area contributed by atoms with E-state index in [4.69, 9.17) is 9.15 Å². The van der Waals surface area contributed by atoms with Gasteiger partial charge in [-0.05, 0) is 48.8 Å². The zero-order chi connectivity index (χ0) is 19.8. The van der Waals surface area contributed by atoms with Crippen LogP contribution in [0.1, 0.15) is 37.5 Å². The Labute approximate surface area is 165 Å². The molecule has 4 aromatic rings. The van der Waals surface area contributed by atoms with Gasteiger partial charge in [-0.15, -0.1) is 0 Å². The summed E-state index contributed by atoms with van der Waals surface area (Å²) >= 11 is 0. The van der Waals surface area contributed by atoms with Crippen molar-refractivity contribution in [2.45, 2.75) is 41.0 Å². The maximum Gasteiger partial charge on any atom is 0.228 e. The first-order chi connectivity index (χ1) is 13.2. The van der Waals surface area contributed by atoms with Gasteiger partial charge < -0.3 is 9.15 Å². The number of furan rings is 1. The van der Waals surface area contributed by atoms with Crippen LogP contribution in [0.4, 0.5) is 0 Å². The molecule has 0 spiro atoms. The van der Waals surface area contributed by atoms with Gasteiger partial charge in [0.1, 0.15) is 24.1 Å². The van der Waals surface area contributed by atoms with Crippen molar-refractivity contribution >= 4 is 21.7 Å². The second-order valence-corrected chi connectivity index (χ2v) is 9.29. The lowest BCUT2D eigenvalue weighted by molar-refractivity contribution is -0.659. The number of rotatable bonds is 1. The minimum Gasteiger partial charge on any atom is -0.464 e. The highest BCUT2D eigenvalue weighted by molar-refractivity contribution is 6.05. The van der Waals surface area contributed by atoms with E-state index in [0.29, 0.717) is 0 Å². The van der Waals surface area contributed by atoms with Crippen molar-refractivity contribution in [2.75, 3.05) is 0 Å². The summed E-state index contributed by atoms with van der Waals surface area (Å²) in [6, 6.07) is 8.77. The minimum atomic E-state index is 0.227. The summed E-state index contributed by atoms with van der Waals surface area (Å²) in [5.41, 5.74) is 7.10. The third-order valence-corrected chi connectivity index (χ3v) is 5.80. The average Bonchev–Trinajstić information content (AvgIpc) is 3.10. The molecule has 3 heterocycles. The highest BCUT2D eigenvalue weighted by atomic mass is 16.5. The highest BCUT2D eigenvalue weighted by Gasteiger charge is 2.33. The summed E-state index contributed by atoms with van der Waals surface area (Å²) in [4.78, 5) is 0. The van der Waals surface area contributed by atoms with Crippen molar-refractivity contribution in [2.24, 2.45) is 12.5 Å². The molecular formula is C25H26NO2+. The van der Waals surface area contributed by atoms with Crippen LogP contribution < -0.4 is 9.30 Å². The molecule has 28 heavy (non-hydrogen) atoms. The summed E-state index contributed by atoms with van der Waals surface area (Å²) in [6.45, 7) is 11.1. The van der Waals surface area contributed by atoms with Crippen molar-refractivity contribution in [3.8, 4) is 22.8 Å². The molecule has 0 atom stereocenters. The molecule has 0 radical (unpaired) electrons. The van der Waals surface area contributed by atoms with Gasteiger partial charge in [0.15, 0.2) is 6.20 Å². The van der Waals surface area contributed by atoms with Gasteiger partial charge in [0.05, 0.1) is 17.2 Å². The van der Waals surface area contributed by atoms with Crippen molar-refractivity contribution < 1.29 is 13.7 Å². The standard InChI is InChI=1S/C25H26NO2/c1-14-18-8-10-27-23(18)15(2)20-22-21-17(7-9-26(22)6)11-16(13-25(3,4)5)12-19(21)28-24(14)20/h7-12H,13H2,1-6H3/q+1. The molecule has 0 aliphatic carbocycles. The van der Waals surface area contributed by atoms with E-state index >= 15 is 0 Å². The minimum absolute atomic E-state index is 0.227. The van der Waals surface area contributed by atoms with Crippen LogP contribution >= 0.6 is 0 Å². The van der Waals surface area contributed by atoms with E-state index in [9.17, 15) is 0 Å². The summed E-state index contributed by atoms with van der Waals surface area (Å²) in [6.07, 6.45) is 4.94. The van der Waals surface area contributed by atoms with E-state index in [2.05, 4.69) is 70.6 Å². The zero-order valence-electron chi connectivity index (χ0n) is 17.4. The summed E-state index contributed by atoms with van der Waals surface area (Å²) in [5.74, 6) is 1.91. The topological polar surface area (TPSA) is 26.2 Å². The van der Waals surface area contributed by atoms with E-state index < -0.39 is 0 Å². The molecule has 5 rings (SSSR count). The van der Waals surface area contributed by atoms with Gasteiger partial charge in [-0.25, -0.2) is 4.57 Å². The second kappa shape index (κ2) is 5.60. The van der Waals surface area contributed by atoms with Crippen LogP contribution in [0.5, 0.6) is 11.5 Å². The molecule has 142 valence electrons. The van der Waals surface area contributed by atoms with Gasteiger partial charge in [-0.3, -0.25) is 0 Å². The van der Waals surface area contributed by atoms with Gasteiger partial charge in [0, 0.05) is 22.6 Å². The largest absolute Gasteiger partial charge is 0.464 e. The Balaban J connectivity index is 1.88. The fourth-order valence-corrected chi connectivity index (χ4v) is 4.63. The molecule has 0 N–H and O–H groups in total. The number of nitrogens with zero attached hydrogens (tertiary/aromatic N) is 1. The number of fused-ring (bicyclic) bond motifs is 3. The first kappa shape index (κ1) is 17.3. The summed E-state index contributed by atoms with van der Waals surface area (Å²) in [7, 11) is 2.11. The molecule has 1 aliphatic heterocycles. The Morgan fingerprint density at radius 2 is 1.82 bits per heavy atom. The second-order valence-electron chi connectivity index (χ2n) is 9.29. The third-order valence-electron chi connectivity index (χ3n) is 5.80. The number of hydrogen-bond acceptors (Lipinski definition) is 2. The molecule has 0 saturated heterocycles. The highest BCUT2D eigenvalue weighted by Crippen LogP contribution is 2.50. The van der Waals surface area contributed by atoms with Gasteiger partial charge in [-0.2, -0.15) is 0 Å². The third kappa shape index (κ3) is 2.39. The molecule has 0 fully saturated rings. The van der Waals surface area contributed by atoms with Crippen LogP contribution in [0.15, 0.2) is 41.1 Å². The van der Waals surface area contributed by atoms with Gasteiger partial charge in [-0.1, -0.05) is 26.8 Å². The fourth-order valence-electron chi connectivity index (χ4n) is 4.63. The predicted octanol–water partition coefficient (Wildman–Crippen LogP) is 6.39. The molecule has 0 saturated carbocycles. The molecule has 3 nitrogen and oxygen atoms in total. The molecule has 2 aromatic carbocycles. The lowest BCUT2D eigenvalue weighted by Crippen LogP contribution is -2.32. The monoisotopic (exact) mass is 372 g/mol. The van der Waals surface area contributed by atoms with Crippen LogP contribution in [0.2, 0.25) is 0 Å².